The van der Waals surface area contributed by atoms with Crippen molar-refractivity contribution in [3.05, 3.63) is 63.9 Å². The molecule has 0 aromatic heterocycles. The van der Waals surface area contributed by atoms with Crippen molar-refractivity contribution in [1.82, 2.24) is 5.32 Å². The molecular formula is C17H17BrFNS. The molecule has 0 fully saturated rings. The van der Waals surface area contributed by atoms with E-state index in [4.69, 9.17) is 0 Å². The van der Waals surface area contributed by atoms with Gasteiger partial charge >= 0.3 is 0 Å². The first-order chi connectivity index (χ1) is 10.2. The lowest BCUT2D eigenvalue weighted by Gasteiger charge is -2.29. The number of halogens is 2. The van der Waals surface area contributed by atoms with Crippen molar-refractivity contribution in [2.24, 2.45) is 0 Å². The molecule has 0 amide bonds. The highest BCUT2D eigenvalue weighted by Gasteiger charge is 2.24. The van der Waals surface area contributed by atoms with E-state index in [0.29, 0.717) is 0 Å². The number of hydrogen-bond donors (Lipinski definition) is 1. The molecule has 1 aliphatic heterocycles. The van der Waals surface area contributed by atoms with Crippen molar-refractivity contribution in [2.75, 3.05) is 5.75 Å². The topological polar surface area (TPSA) is 12.0 Å². The van der Waals surface area contributed by atoms with Crippen LogP contribution in [0.3, 0.4) is 0 Å². The van der Waals surface area contributed by atoms with Gasteiger partial charge in [-0.15, -0.1) is 11.8 Å². The summed E-state index contributed by atoms with van der Waals surface area (Å²) in [7, 11) is 0. The number of nitrogens with one attached hydrogen (secondary N) is 1. The van der Waals surface area contributed by atoms with Crippen LogP contribution in [0.25, 0.3) is 0 Å². The number of benzene rings is 2. The molecule has 0 aliphatic carbocycles. The summed E-state index contributed by atoms with van der Waals surface area (Å²) in [6, 6.07) is 14.0. The molecule has 2 aromatic carbocycles. The van der Waals surface area contributed by atoms with Gasteiger partial charge < -0.3 is 5.32 Å². The standard InChI is InChI=1S/C17H17BrFNS/c1-11(12-5-2-3-7-14(12)18)20-16-9-10-21-17-13(16)6-4-8-15(17)19/h2-8,11,16,20H,9-10H2,1H3. The monoisotopic (exact) mass is 365 g/mol. The smallest absolute Gasteiger partial charge is 0.137 e. The fourth-order valence-corrected chi connectivity index (χ4v) is 4.55. The molecular weight excluding hydrogens is 349 g/mol. The van der Waals surface area contributed by atoms with Gasteiger partial charge in [-0.25, -0.2) is 4.39 Å². The molecule has 1 nitrogen and oxygen atoms in total. The third-order valence-electron chi connectivity index (χ3n) is 3.85. The Balaban J connectivity index is 1.84. The van der Waals surface area contributed by atoms with Gasteiger partial charge in [-0.3, -0.25) is 0 Å². The van der Waals surface area contributed by atoms with E-state index < -0.39 is 0 Å². The number of rotatable bonds is 3. The fraction of sp³-hybridized carbons (Fsp3) is 0.294. The lowest BCUT2D eigenvalue weighted by Crippen LogP contribution is -2.27. The van der Waals surface area contributed by atoms with E-state index in [9.17, 15) is 4.39 Å². The van der Waals surface area contributed by atoms with E-state index in [0.717, 1.165) is 27.1 Å². The van der Waals surface area contributed by atoms with Gasteiger partial charge in [0.1, 0.15) is 5.82 Å². The maximum Gasteiger partial charge on any atom is 0.137 e. The van der Waals surface area contributed by atoms with E-state index in [2.05, 4.69) is 40.3 Å². The summed E-state index contributed by atoms with van der Waals surface area (Å²) in [6.45, 7) is 2.15. The molecule has 4 heteroatoms. The second-order valence-electron chi connectivity index (χ2n) is 5.26. The summed E-state index contributed by atoms with van der Waals surface area (Å²) in [4.78, 5) is 0.806. The van der Waals surface area contributed by atoms with Gasteiger partial charge in [0, 0.05) is 21.5 Å². The van der Waals surface area contributed by atoms with Crippen molar-refractivity contribution in [3.63, 3.8) is 0 Å². The highest BCUT2D eigenvalue weighted by atomic mass is 79.9. The van der Waals surface area contributed by atoms with E-state index >= 15 is 0 Å². The summed E-state index contributed by atoms with van der Waals surface area (Å²) in [5.74, 6) is 0.853. The van der Waals surface area contributed by atoms with Crippen molar-refractivity contribution in [1.29, 1.82) is 0 Å². The molecule has 1 aliphatic rings. The van der Waals surface area contributed by atoms with Crippen LogP contribution in [0, 0.1) is 5.82 Å². The first kappa shape index (κ1) is 15.1. The van der Waals surface area contributed by atoms with Crippen molar-refractivity contribution < 1.29 is 4.39 Å². The zero-order valence-corrected chi connectivity index (χ0v) is 14.2. The zero-order chi connectivity index (χ0) is 14.8. The van der Waals surface area contributed by atoms with Crippen molar-refractivity contribution in [2.45, 2.75) is 30.3 Å². The molecule has 0 bridgehead atoms. The van der Waals surface area contributed by atoms with Crippen LogP contribution in [-0.4, -0.2) is 5.75 Å². The van der Waals surface area contributed by atoms with Crippen LogP contribution in [0.2, 0.25) is 0 Å². The van der Waals surface area contributed by atoms with Gasteiger partial charge in [-0.2, -0.15) is 0 Å². The van der Waals surface area contributed by atoms with Crippen molar-refractivity contribution in [3.8, 4) is 0 Å². The number of fused-ring (bicyclic) bond motifs is 1. The molecule has 2 unspecified atom stereocenters. The maximum absolute atomic E-state index is 13.9. The normalized spacial score (nSPS) is 19.1. The van der Waals surface area contributed by atoms with Crippen LogP contribution in [0.4, 0.5) is 4.39 Å². The Kier molecular flexibility index (Phi) is 4.67. The Morgan fingerprint density at radius 1 is 1.24 bits per heavy atom. The molecule has 110 valence electrons. The summed E-state index contributed by atoms with van der Waals surface area (Å²) in [5.41, 5.74) is 2.32. The van der Waals surface area contributed by atoms with Crippen molar-refractivity contribution >= 4 is 27.7 Å². The van der Waals surface area contributed by atoms with Crippen LogP contribution in [0.5, 0.6) is 0 Å². The Hall–Kier alpha value is -0.840. The minimum absolute atomic E-state index is 0.0995. The summed E-state index contributed by atoms with van der Waals surface area (Å²) in [5, 5.41) is 3.65. The third kappa shape index (κ3) is 3.17. The first-order valence-electron chi connectivity index (χ1n) is 7.08. The SMILES string of the molecule is CC(NC1CCSc2c(F)cccc21)c1ccccc1Br. The molecule has 2 atom stereocenters. The van der Waals surface area contributed by atoms with Crippen LogP contribution in [-0.2, 0) is 0 Å². The largest absolute Gasteiger partial charge is 0.303 e. The van der Waals surface area contributed by atoms with Gasteiger partial charge in [0.25, 0.3) is 0 Å². The molecule has 1 heterocycles. The molecule has 21 heavy (non-hydrogen) atoms. The highest BCUT2D eigenvalue weighted by molar-refractivity contribution is 9.10. The molecule has 0 spiro atoms. The maximum atomic E-state index is 13.9. The Morgan fingerprint density at radius 2 is 2.05 bits per heavy atom. The number of thioether (sulfide) groups is 1. The Morgan fingerprint density at radius 3 is 2.86 bits per heavy atom. The lowest BCUT2D eigenvalue weighted by atomic mass is 10.0. The van der Waals surface area contributed by atoms with Gasteiger partial charge in [0.05, 0.1) is 0 Å². The zero-order valence-electron chi connectivity index (χ0n) is 11.8. The molecule has 0 radical (unpaired) electrons. The summed E-state index contributed by atoms with van der Waals surface area (Å²) < 4.78 is 15.0. The van der Waals surface area contributed by atoms with Crippen LogP contribution >= 0.6 is 27.7 Å². The predicted molar refractivity (Wildman–Crippen MR) is 90.2 cm³/mol. The minimum Gasteiger partial charge on any atom is -0.303 e. The molecule has 0 saturated carbocycles. The van der Waals surface area contributed by atoms with Crippen LogP contribution < -0.4 is 5.32 Å². The lowest BCUT2D eigenvalue weighted by molar-refractivity contribution is 0.443. The third-order valence-corrected chi connectivity index (χ3v) is 5.73. The number of hydrogen-bond acceptors (Lipinski definition) is 2. The molecule has 3 rings (SSSR count). The molecule has 0 saturated heterocycles. The van der Waals surface area contributed by atoms with Gasteiger partial charge in [-0.05, 0) is 42.4 Å². The first-order valence-corrected chi connectivity index (χ1v) is 8.86. The highest BCUT2D eigenvalue weighted by Crippen LogP contribution is 2.39. The summed E-state index contributed by atoms with van der Waals surface area (Å²) in [6.07, 6.45) is 1.02. The molecule has 1 N–H and O–H groups in total. The minimum atomic E-state index is -0.0995. The van der Waals surface area contributed by atoms with Crippen LogP contribution in [0.1, 0.15) is 36.6 Å². The molecule has 2 aromatic rings. The van der Waals surface area contributed by atoms with E-state index in [1.54, 1.807) is 23.9 Å². The Labute approximate surface area is 137 Å². The average molecular weight is 366 g/mol. The van der Waals surface area contributed by atoms with Gasteiger partial charge in [-0.1, -0.05) is 46.3 Å². The van der Waals surface area contributed by atoms with Gasteiger partial charge in [0.2, 0.25) is 0 Å². The van der Waals surface area contributed by atoms with Gasteiger partial charge in [0.15, 0.2) is 0 Å². The average Bonchev–Trinajstić information content (AvgIpc) is 2.49. The quantitative estimate of drug-likeness (QED) is 0.772. The van der Waals surface area contributed by atoms with E-state index in [1.807, 2.05) is 18.2 Å². The van der Waals surface area contributed by atoms with E-state index in [1.165, 1.54) is 5.56 Å². The second-order valence-corrected chi connectivity index (χ2v) is 7.22. The van der Waals surface area contributed by atoms with E-state index in [-0.39, 0.29) is 17.9 Å². The fourth-order valence-electron chi connectivity index (χ4n) is 2.78. The van der Waals surface area contributed by atoms with Crippen LogP contribution in [0.15, 0.2) is 51.8 Å². The Bertz CT molecular complexity index is 646. The summed E-state index contributed by atoms with van der Waals surface area (Å²) >= 11 is 5.22. The second kappa shape index (κ2) is 6.51. The predicted octanol–water partition coefficient (Wildman–Crippen LogP) is 5.48.